The first-order valence-corrected chi connectivity index (χ1v) is 9.60. The lowest BCUT2D eigenvalue weighted by molar-refractivity contribution is 0.0479. The molecule has 1 fully saturated rings. The number of rotatable bonds is 8. The average Bonchev–Trinajstić information content (AvgIpc) is 3.07. The molecule has 0 bridgehead atoms. The minimum atomic E-state index is 0.0949. The summed E-state index contributed by atoms with van der Waals surface area (Å²) in [5.74, 6) is 0.499. The number of hydrogen-bond donors (Lipinski definition) is 0. The van der Waals surface area contributed by atoms with E-state index >= 15 is 0 Å². The highest BCUT2D eigenvalue weighted by Gasteiger charge is 2.29. The van der Waals surface area contributed by atoms with Crippen LogP contribution >= 0.6 is 15.9 Å². The first-order valence-electron chi connectivity index (χ1n) is 8.80. The molecule has 1 aromatic rings. The lowest BCUT2D eigenvalue weighted by Gasteiger charge is -2.37. The number of amides is 1. The van der Waals surface area contributed by atoms with Crippen molar-refractivity contribution in [2.75, 3.05) is 39.9 Å². The molecule has 1 unspecified atom stereocenters. The molecule has 0 radical (unpaired) electrons. The van der Waals surface area contributed by atoms with Crippen molar-refractivity contribution in [3.8, 4) is 0 Å². The van der Waals surface area contributed by atoms with Gasteiger partial charge in [-0.2, -0.15) is 0 Å². The van der Waals surface area contributed by atoms with E-state index < -0.39 is 0 Å². The van der Waals surface area contributed by atoms with Crippen LogP contribution in [0.15, 0.2) is 28.7 Å². The fraction of sp³-hybridized carbons (Fsp3) is 0.632. The molecule has 134 valence electrons. The monoisotopic (exact) mass is 396 g/mol. The molecule has 1 heterocycles. The SMILES string of the molecule is COCCN(C(=O)c1ccc(Br)cc1)C(CN1CCCC1)C(C)C. The van der Waals surface area contributed by atoms with Crippen LogP contribution in [0.1, 0.15) is 37.0 Å². The second-order valence-electron chi connectivity index (χ2n) is 6.82. The Morgan fingerprint density at radius 3 is 2.42 bits per heavy atom. The average molecular weight is 397 g/mol. The van der Waals surface area contributed by atoms with Crippen molar-refractivity contribution < 1.29 is 9.53 Å². The van der Waals surface area contributed by atoms with Gasteiger partial charge in [-0.05, 0) is 56.1 Å². The Balaban J connectivity index is 2.19. The van der Waals surface area contributed by atoms with Gasteiger partial charge in [0, 0.05) is 36.3 Å². The number of nitrogens with zero attached hydrogens (tertiary/aromatic N) is 2. The number of likely N-dealkylation sites (tertiary alicyclic amines) is 1. The second-order valence-corrected chi connectivity index (χ2v) is 7.73. The van der Waals surface area contributed by atoms with Gasteiger partial charge in [-0.15, -0.1) is 0 Å². The summed E-state index contributed by atoms with van der Waals surface area (Å²) in [5, 5.41) is 0. The van der Waals surface area contributed by atoms with Crippen molar-refractivity contribution in [3.63, 3.8) is 0 Å². The van der Waals surface area contributed by atoms with Gasteiger partial charge in [0.2, 0.25) is 0 Å². The fourth-order valence-corrected chi connectivity index (χ4v) is 3.53. The third-order valence-corrected chi connectivity index (χ3v) is 5.23. The van der Waals surface area contributed by atoms with Crippen LogP contribution in [0.5, 0.6) is 0 Å². The van der Waals surface area contributed by atoms with E-state index in [1.165, 1.54) is 12.8 Å². The first-order chi connectivity index (χ1) is 11.5. The number of carbonyl (C=O) groups is 1. The van der Waals surface area contributed by atoms with Gasteiger partial charge in [0.05, 0.1) is 6.61 Å². The molecule has 1 aromatic carbocycles. The molecule has 1 saturated heterocycles. The summed E-state index contributed by atoms with van der Waals surface area (Å²) in [6.45, 7) is 8.84. The van der Waals surface area contributed by atoms with Crippen molar-refractivity contribution in [2.24, 2.45) is 5.92 Å². The van der Waals surface area contributed by atoms with E-state index in [9.17, 15) is 4.79 Å². The van der Waals surface area contributed by atoms with Crippen LogP contribution in [-0.4, -0.2) is 61.6 Å². The predicted molar refractivity (Wildman–Crippen MR) is 101 cm³/mol. The molecule has 0 aliphatic carbocycles. The normalized spacial score (nSPS) is 16.5. The minimum absolute atomic E-state index is 0.0949. The molecule has 24 heavy (non-hydrogen) atoms. The molecular weight excluding hydrogens is 368 g/mol. The summed E-state index contributed by atoms with van der Waals surface area (Å²) in [5.41, 5.74) is 0.737. The lowest BCUT2D eigenvalue weighted by atomic mass is 10.0. The summed E-state index contributed by atoms with van der Waals surface area (Å²) in [6.07, 6.45) is 2.53. The van der Waals surface area contributed by atoms with E-state index in [-0.39, 0.29) is 11.9 Å². The smallest absolute Gasteiger partial charge is 0.254 e. The number of carbonyl (C=O) groups excluding carboxylic acids is 1. The highest BCUT2D eigenvalue weighted by molar-refractivity contribution is 9.10. The largest absolute Gasteiger partial charge is 0.383 e. The van der Waals surface area contributed by atoms with Crippen LogP contribution in [0.3, 0.4) is 0 Å². The number of methoxy groups -OCH3 is 1. The van der Waals surface area contributed by atoms with Crippen molar-refractivity contribution >= 4 is 21.8 Å². The maximum atomic E-state index is 13.1. The molecule has 1 aliphatic rings. The molecule has 2 rings (SSSR count). The summed E-state index contributed by atoms with van der Waals surface area (Å²) < 4.78 is 6.25. The third kappa shape index (κ3) is 5.30. The maximum Gasteiger partial charge on any atom is 0.254 e. The minimum Gasteiger partial charge on any atom is -0.383 e. The number of halogens is 1. The summed E-state index contributed by atoms with van der Waals surface area (Å²) >= 11 is 3.43. The van der Waals surface area contributed by atoms with Crippen LogP contribution in [-0.2, 0) is 4.74 Å². The molecular formula is C19H29BrN2O2. The molecule has 1 atom stereocenters. The Labute approximate surface area is 154 Å². The summed E-state index contributed by atoms with van der Waals surface area (Å²) in [6, 6.07) is 7.83. The van der Waals surface area contributed by atoms with Gasteiger partial charge in [-0.25, -0.2) is 0 Å². The van der Waals surface area contributed by atoms with Crippen LogP contribution in [0.2, 0.25) is 0 Å². The molecule has 5 heteroatoms. The Bertz CT molecular complexity index is 513. The quantitative estimate of drug-likeness (QED) is 0.671. The van der Waals surface area contributed by atoms with E-state index in [2.05, 4.69) is 34.7 Å². The van der Waals surface area contributed by atoms with Gasteiger partial charge in [-0.3, -0.25) is 4.79 Å². The highest BCUT2D eigenvalue weighted by atomic mass is 79.9. The standard InChI is InChI=1S/C19H29BrN2O2/c1-15(2)18(14-21-10-4-5-11-21)22(12-13-24-3)19(23)16-6-8-17(20)9-7-16/h6-9,15,18H,4-5,10-14H2,1-3H3. The van der Waals surface area contributed by atoms with Crippen molar-refractivity contribution in [1.29, 1.82) is 0 Å². The van der Waals surface area contributed by atoms with E-state index in [4.69, 9.17) is 4.74 Å². The van der Waals surface area contributed by atoms with Crippen molar-refractivity contribution in [3.05, 3.63) is 34.3 Å². The Morgan fingerprint density at radius 1 is 1.25 bits per heavy atom. The summed E-state index contributed by atoms with van der Waals surface area (Å²) in [7, 11) is 1.69. The van der Waals surface area contributed by atoms with Gasteiger partial charge in [-0.1, -0.05) is 29.8 Å². The molecule has 1 aliphatic heterocycles. The van der Waals surface area contributed by atoms with Gasteiger partial charge >= 0.3 is 0 Å². The summed E-state index contributed by atoms with van der Waals surface area (Å²) in [4.78, 5) is 17.6. The van der Waals surface area contributed by atoms with E-state index in [0.29, 0.717) is 19.1 Å². The van der Waals surface area contributed by atoms with E-state index in [1.807, 2.05) is 29.2 Å². The highest BCUT2D eigenvalue weighted by Crippen LogP contribution is 2.20. The number of hydrogen-bond acceptors (Lipinski definition) is 3. The molecule has 0 saturated carbocycles. The zero-order valence-electron chi connectivity index (χ0n) is 15.0. The first kappa shape index (κ1) is 19.4. The maximum absolute atomic E-state index is 13.1. The predicted octanol–water partition coefficient (Wildman–Crippen LogP) is 3.66. The Kier molecular flexibility index (Phi) is 7.72. The van der Waals surface area contributed by atoms with Gasteiger partial charge in [0.25, 0.3) is 5.91 Å². The van der Waals surface area contributed by atoms with Crippen LogP contribution < -0.4 is 0 Å². The topological polar surface area (TPSA) is 32.8 Å². The van der Waals surface area contributed by atoms with Crippen molar-refractivity contribution in [2.45, 2.75) is 32.7 Å². The molecule has 0 N–H and O–H groups in total. The molecule has 0 aromatic heterocycles. The zero-order chi connectivity index (χ0) is 17.5. The second kappa shape index (κ2) is 9.54. The zero-order valence-corrected chi connectivity index (χ0v) is 16.6. The Morgan fingerprint density at radius 2 is 1.88 bits per heavy atom. The van der Waals surface area contributed by atoms with E-state index in [1.54, 1.807) is 7.11 Å². The third-order valence-electron chi connectivity index (χ3n) is 4.70. The van der Waals surface area contributed by atoms with Gasteiger partial charge < -0.3 is 14.5 Å². The van der Waals surface area contributed by atoms with Gasteiger partial charge in [0.1, 0.15) is 0 Å². The molecule has 0 spiro atoms. The van der Waals surface area contributed by atoms with Crippen LogP contribution in [0, 0.1) is 5.92 Å². The fourth-order valence-electron chi connectivity index (χ4n) is 3.26. The van der Waals surface area contributed by atoms with Crippen molar-refractivity contribution in [1.82, 2.24) is 9.80 Å². The number of ether oxygens (including phenoxy) is 1. The molecule has 1 amide bonds. The van der Waals surface area contributed by atoms with Gasteiger partial charge in [0.15, 0.2) is 0 Å². The molecule has 4 nitrogen and oxygen atoms in total. The number of benzene rings is 1. The lowest BCUT2D eigenvalue weighted by Crippen LogP contribution is -2.50. The Hall–Kier alpha value is -0.910. The van der Waals surface area contributed by atoms with Crippen LogP contribution in [0.25, 0.3) is 0 Å². The van der Waals surface area contributed by atoms with E-state index in [0.717, 1.165) is 29.7 Å². The van der Waals surface area contributed by atoms with Crippen LogP contribution in [0.4, 0.5) is 0 Å².